The van der Waals surface area contributed by atoms with Gasteiger partial charge in [0.1, 0.15) is 16.5 Å². The third-order valence-electron chi connectivity index (χ3n) is 4.24. The molecule has 2 aromatic carbocycles. The Morgan fingerprint density at radius 2 is 1.79 bits per heavy atom. The van der Waals surface area contributed by atoms with Crippen molar-refractivity contribution in [2.45, 2.75) is 13.0 Å². The molecule has 0 spiro atoms. The number of anilines is 1. The summed E-state index contributed by atoms with van der Waals surface area (Å²) in [5.74, 6) is -0.531. The Labute approximate surface area is 165 Å². The van der Waals surface area contributed by atoms with E-state index in [9.17, 15) is 9.18 Å². The van der Waals surface area contributed by atoms with Gasteiger partial charge in [0.2, 0.25) is 5.13 Å². The molecule has 2 heterocycles. The summed E-state index contributed by atoms with van der Waals surface area (Å²) in [6.45, 7) is 0.602. The zero-order valence-electron chi connectivity index (χ0n) is 14.9. The van der Waals surface area contributed by atoms with Gasteiger partial charge in [0, 0.05) is 19.2 Å². The van der Waals surface area contributed by atoms with Crippen LogP contribution in [0.1, 0.15) is 26.6 Å². The molecule has 4 aromatic rings. The molecule has 5 nitrogen and oxygen atoms in total. The second kappa shape index (κ2) is 8.14. The Morgan fingerprint density at radius 1 is 1.00 bits per heavy atom. The summed E-state index contributed by atoms with van der Waals surface area (Å²) < 4.78 is 15.7. The van der Waals surface area contributed by atoms with Gasteiger partial charge in [-0.05, 0) is 29.3 Å². The van der Waals surface area contributed by atoms with Gasteiger partial charge in [0.05, 0.1) is 0 Å². The first-order valence-electron chi connectivity index (χ1n) is 8.75. The molecule has 7 heteroatoms. The van der Waals surface area contributed by atoms with Gasteiger partial charge in [-0.2, -0.15) is 0 Å². The van der Waals surface area contributed by atoms with Crippen molar-refractivity contribution in [1.29, 1.82) is 0 Å². The highest BCUT2D eigenvalue weighted by molar-refractivity contribution is 7.15. The van der Waals surface area contributed by atoms with Crippen LogP contribution in [0.25, 0.3) is 0 Å². The Morgan fingerprint density at radius 3 is 2.61 bits per heavy atom. The van der Waals surface area contributed by atoms with Gasteiger partial charge in [0.25, 0.3) is 5.91 Å². The van der Waals surface area contributed by atoms with E-state index in [0.29, 0.717) is 34.4 Å². The molecule has 0 unspecified atom stereocenters. The van der Waals surface area contributed by atoms with Crippen molar-refractivity contribution in [3.63, 3.8) is 0 Å². The fraction of sp³-hybridized carbons (Fsp3) is 0.0952. The predicted octanol–water partition coefficient (Wildman–Crippen LogP) is 4.37. The van der Waals surface area contributed by atoms with Crippen LogP contribution in [-0.2, 0) is 13.0 Å². The first-order chi connectivity index (χ1) is 13.7. The SMILES string of the molecule is O=C(Nc1nnc(Cc2ccccc2F)s1)c1cccn1Cc1ccccc1. The van der Waals surface area contributed by atoms with E-state index >= 15 is 0 Å². The fourth-order valence-electron chi connectivity index (χ4n) is 2.88. The van der Waals surface area contributed by atoms with Crippen LogP contribution < -0.4 is 5.32 Å². The summed E-state index contributed by atoms with van der Waals surface area (Å²) in [5.41, 5.74) is 2.19. The maximum Gasteiger partial charge on any atom is 0.274 e. The van der Waals surface area contributed by atoms with Gasteiger partial charge in [-0.3, -0.25) is 10.1 Å². The number of carbonyl (C=O) groups excluding carboxylic acids is 1. The zero-order chi connectivity index (χ0) is 19.3. The number of hydrogen-bond acceptors (Lipinski definition) is 4. The van der Waals surface area contributed by atoms with E-state index in [1.807, 2.05) is 47.2 Å². The summed E-state index contributed by atoms with van der Waals surface area (Å²) in [7, 11) is 0. The fourth-order valence-corrected chi connectivity index (χ4v) is 3.64. The van der Waals surface area contributed by atoms with E-state index in [1.54, 1.807) is 24.3 Å². The van der Waals surface area contributed by atoms with Crippen LogP contribution >= 0.6 is 11.3 Å². The minimum Gasteiger partial charge on any atom is -0.339 e. The molecule has 0 aliphatic carbocycles. The highest BCUT2D eigenvalue weighted by atomic mass is 32.1. The van der Waals surface area contributed by atoms with Crippen LogP contribution in [0.5, 0.6) is 0 Å². The monoisotopic (exact) mass is 392 g/mol. The quantitative estimate of drug-likeness (QED) is 0.530. The molecule has 0 aliphatic rings. The minimum absolute atomic E-state index is 0.255. The van der Waals surface area contributed by atoms with E-state index < -0.39 is 0 Å². The predicted molar refractivity (Wildman–Crippen MR) is 107 cm³/mol. The van der Waals surface area contributed by atoms with E-state index in [2.05, 4.69) is 15.5 Å². The van der Waals surface area contributed by atoms with Gasteiger partial charge >= 0.3 is 0 Å². The second-order valence-corrected chi connectivity index (χ2v) is 7.29. The molecular formula is C21H17FN4OS. The van der Waals surface area contributed by atoms with Crippen molar-refractivity contribution in [2.75, 3.05) is 5.32 Å². The van der Waals surface area contributed by atoms with Crippen molar-refractivity contribution in [3.8, 4) is 0 Å². The third-order valence-corrected chi connectivity index (χ3v) is 5.08. The Bertz CT molecular complexity index is 1090. The lowest BCUT2D eigenvalue weighted by Gasteiger charge is -2.08. The topological polar surface area (TPSA) is 59.8 Å². The lowest BCUT2D eigenvalue weighted by Crippen LogP contribution is -2.17. The lowest BCUT2D eigenvalue weighted by atomic mass is 10.1. The van der Waals surface area contributed by atoms with Gasteiger partial charge in [0.15, 0.2) is 0 Å². The molecule has 0 bridgehead atoms. The van der Waals surface area contributed by atoms with E-state index in [4.69, 9.17) is 0 Å². The van der Waals surface area contributed by atoms with Crippen molar-refractivity contribution in [2.24, 2.45) is 0 Å². The highest BCUT2D eigenvalue weighted by Gasteiger charge is 2.15. The summed E-state index contributed by atoms with van der Waals surface area (Å²) >= 11 is 1.24. The Kier molecular flexibility index (Phi) is 5.25. The molecule has 0 aliphatic heterocycles. The van der Waals surface area contributed by atoms with Gasteiger partial charge < -0.3 is 4.57 Å². The summed E-state index contributed by atoms with van der Waals surface area (Å²) in [6.07, 6.45) is 2.20. The van der Waals surface area contributed by atoms with E-state index in [0.717, 1.165) is 5.56 Å². The first kappa shape index (κ1) is 18.1. The van der Waals surface area contributed by atoms with E-state index in [1.165, 1.54) is 17.4 Å². The largest absolute Gasteiger partial charge is 0.339 e. The minimum atomic E-state index is -0.276. The molecule has 1 amide bonds. The van der Waals surface area contributed by atoms with Crippen LogP contribution in [-0.4, -0.2) is 20.7 Å². The van der Waals surface area contributed by atoms with Crippen LogP contribution in [0.15, 0.2) is 72.9 Å². The van der Waals surface area contributed by atoms with Gasteiger partial charge in [-0.1, -0.05) is 59.9 Å². The molecule has 0 saturated heterocycles. The van der Waals surface area contributed by atoms with Crippen molar-refractivity contribution < 1.29 is 9.18 Å². The Hall–Kier alpha value is -3.32. The molecule has 4 rings (SSSR count). The molecule has 140 valence electrons. The number of hydrogen-bond donors (Lipinski definition) is 1. The standard InChI is InChI=1S/C21H17FN4OS/c22-17-10-5-4-9-16(17)13-19-24-25-21(28-19)23-20(27)18-11-6-12-26(18)14-15-7-2-1-3-8-15/h1-12H,13-14H2,(H,23,25,27). The molecular weight excluding hydrogens is 375 g/mol. The first-order valence-corrected chi connectivity index (χ1v) is 9.57. The molecule has 0 radical (unpaired) electrons. The van der Waals surface area contributed by atoms with Crippen molar-refractivity contribution in [1.82, 2.24) is 14.8 Å². The van der Waals surface area contributed by atoms with Crippen molar-refractivity contribution in [3.05, 3.63) is 101 Å². The number of amides is 1. The van der Waals surface area contributed by atoms with Crippen LogP contribution in [0, 0.1) is 5.82 Å². The number of carbonyl (C=O) groups is 1. The van der Waals surface area contributed by atoms with Gasteiger partial charge in [-0.15, -0.1) is 10.2 Å². The summed E-state index contributed by atoms with van der Waals surface area (Å²) in [4.78, 5) is 12.7. The van der Waals surface area contributed by atoms with Crippen molar-refractivity contribution >= 4 is 22.4 Å². The molecule has 0 saturated carbocycles. The smallest absolute Gasteiger partial charge is 0.274 e. The highest BCUT2D eigenvalue weighted by Crippen LogP contribution is 2.21. The van der Waals surface area contributed by atoms with Crippen LogP contribution in [0.3, 0.4) is 0 Å². The molecule has 28 heavy (non-hydrogen) atoms. The summed E-state index contributed by atoms with van der Waals surface area (Å²) in [6, 6.07) is 20.1. The average molecular weight is 392 g/mol. The van der Waals surface area contributed by atoms with E-state index in [-0.39, 0.29) is 11.7 Å². The number of rotatable bonds is 6. The lowest BCUT2D eigenvalue weighted by molar-refractivity contribution is 0.101. The maximum atomic E-state index is 13.8. The van der Waals surface area contributed by atoms with Gasteiger partial charge in [-0.25, -0.2) is 4.39 Å². The molecule has 1 N–H and O–H groups in total. The average Bonchev–Trinajstić information content (AvgIpc) is 3.34. The number of aromatic nitrogens is 3. The number of nitrogens with one attached hydrogen (secondary N) is 1. The number of nitrogens with zero attached hydrogens (tertiary/aromatic N) is 3. The van der Waals surface area contributed by atoms with Crippen LogP contribution in [0.4, 0.5) is 9.52 Å². The number of benzene rings is 2. The zero-order valence-corrected chi connectivity index (χ0v) is 15.7. The molecule has 2 aromatic heterocycles. The molecule has 0 atom stereocenters. The Balaban J connectivity index is 1.44. The number of halogens is 1. The second-order valence-electron chi connectivity index (χ2n) is 6.23. The maximum absolute atomic E-state index is 13.8. The third kappa shape index (κ3) is 4.15. The summed E-state index contributed by atoms with van der Waals surface area (Å²) in [5, 5.41) is 11.9. The van der Waals surface area contributed by atoms with Crippen LogP contribution in [0.2, 0.25) is 0 Å². The normalized spacial score (nSPS) is 10.8. The molecule has 0 fully saturated rings.